The largest absolute Gasteiger partial charge is 0.351 e. The number of nitrogens with zero attached hydrogens (tertiary/aromatic N) is 1. The molecule has 1 unspecified atom stereocenters. The van der Waals surface area contributed by atoms with Crippen molar-refractivity contribution in [2.45, 2.75) is 45.4 Å². The van der Waals surface area contributed by atoms with Gasteiger partial charge in [-0.15, -0.1) is 11.3 Å². The maximum atomic E-state index is 12.2. The number of hydrogen-bond acceptors (Lipinski definition) is 3. The molecule has 0 saturated carbocycles. The minimum Gasteiger partial charge on any atom is -0.351 e. The van der Waals surface area contributed by atoms with Gasteiger partial charge in [-0.1, -0.05) is 6.92 Å². The fourth-order valence-corrected chi connectivity index (χ4v) is 4.44. The lowest BCUT2D eigenvalue weighted by Gasteiger charge is -2.16. The Kier molecular flexibility index (Phi) is 4.81. The van der Waals surface area contributed by atoms with Crippen LogP contribution in [0, 0.1) is 5.92 Å². The van der Waals surface area contributed by atoms with E-state index in [1.165, 1.54) is 16.9 Å². The molecule has 4 nitrogen and oxygen atoms in total. The average molecular weight is 320 g/mol. The van der Waals surface area contributed by atoms with Crippen LogP contribution in [0.5, 0.6) is 0 Å². The van der Waals surface area contributed by atoms with Gasteiger partial charge in [0, 0.05) is 30.9 Å². The highest BCUT2D eigenvalue weighted by molar-refractivity contribution is 7.14. The van der Waals surface area contributed by atoms with Crippen molar-refractivity contribution in [3.8, 4) is 0 Å². The molecule has 5 heteroatoms. The highest BCUT2D eigenvalue weighted by Crippen LogP contribution is 2.32. The predicted octanol–water partition coefficient (Wildman–Crippen LogP) is 2.62. The number of rotatable bonds is 4. The Morgan fingerprint density at radius 2 is 2.14 bits per heavy atom. The second-order valence-corrected chi connectivity index (χ2v) is 7.64. The quantitative estimate of drug-likeness (QED) is 0.927. The van der Waals surface area contributed by atoms with Gasteiger partial charge in [-0.05, 0) is 49.7 Å². The van der Waals surface area contributed by atoms with Crippen molar-refractivity contribution in [2.75, 3.05) is 19.6 Å². The molecule has 1 aliphatic heterocycles. The summed E-state index contributed by atoms with van der Waals surface area (Å²) in [6.45, 7) is 4.46. The number of carbonyl (C=O) groups is 2. The van der Waals surface area contributed by atoms with E-state index in [-0.39, 0.29) is 11.8 Å². The summed E-state index contributed by atoms with van der Waals surface area (Å²) < 4.78 is 0. The van der Waals surface area contributed by atoms with E-state index in [0.717, 1.165) is 49.6 Å². The molecule has 0 spiro atoms. The molecule has 22 heavy (non-hydrogen) atoms. The summed E-state index contributed by atoms with van der Waals surface area (Å²) in [6, 6.07) is 2.05. The third-order valence-corrected chi connectivity index (χ3v) is 5.87. The molecule has 1 aromatic rings. The first-order chi connectivity index (χ1) is 10.6. The number of likely N-dealkylation sites (tertiary alicyclic amines) is 1. The summed E-state index contributed by atoms with van der Waals surface area (Å²) in [6.07, 6.45) is 6.04. The number of thiophene rings is 1. The van der Waals surface area contributed by atoms with Crippen molar-refractivity contribution in [3.05, 3.63) is 21.4 Å². The van der Waals surface area contributed by atoms with Crippen LogP contribution in [0.15, 0.2) is 6.07 Å². The van der Waals surface area contributed by atoms with Crippen molar-refractivity contribution in [1.29, 1.82) is 0 Å². The Morgan fingerprint density at radius 3 is 2.91 bits per heavy atom. The van der Waals surface area contributed by atoms with Gasteiger partial charge in [0.1, 0.15) is 0 Å². The Labute approximate surface area is 135 Å². The second-order valence-electron chi connectivity index (χ2n) is 6.50. The molecule has 2 amide bonds. The van der Waals surface area contributed by atoms with E-state index in [1.807, 2.05) is 11.0 Å². The monoisotopic (exact) mass is 320 g/mol. The topological polar surface area (TPSA) is 49.4 Å². The maximum Gasteiger partial charge on any atom is 0.261 e. The first kappa shape index (κ1) is 15.5. The molecule has 0 aromatic carbocycles. The summed E-state index contributed by atoms with van der Waals surface area (Å²) >= 11 is 1.62. The minimum atomic E-state index is -0.0266. The van der Waals surface area contributed by atoms with Crippen LogP contribution in [0.3, 0.4) is 0 Å². The number of fused-ring (bicyclic) bond motifs is 1. The van der Waals surface area contributed by atoms with Crippen LogP contribution in [0.25, 0.3) is 0 Å². The minimum absolute atomic E-state index is 0.0266. The van der Waals surface area contributed by atoms with E-state index in [9.17, 15) is 9.59 Å². The van der Waals surface area contributed by atoms with Gasteiger partial charge in [-0.2, -0.15) is 0 Å². The molecule has 3 rings (SSSR count). The number of nitrogens with one attached hydrogen (secondary N) is 1. The number of aryl methyl sites for hydroxylation is 1. The molecule has 2 aliphatic rings. The van der Waals surface area contributed by atoms with E-state index < -0.39 is 0 Å². The van der Waals surface area contributed by atoms with Crippen LogP contribution in [0.2, 0.25) is 0 Å². The molecule has 0 bridgehead atoms. The fraction of sp³-hybridized carbons (Fsp3) is 0.647. The van der Waals surface area contributed by atoms with Crippen molar-refractivity contribution in [3.63, 3.8) is 0 Å². The van der Waals surface area contributed by atoms with Crippen LogP contribution in [-0.2, 0) is 17.6 Å². The fourth-order valence-electron chi connectivity index (χ4n) is 3.31. The van der Waals surface area contributed by atoms with Crippen molar-refractivity contribution >= 4 is 23.2 Å². The van der Waals surface area contributed by atoms with Crippen LogP contribution in [-0.4, -0.2) is 36.3 Å². The highest BCUT2D eigenvalue weighted by Gasteiger charge is 2.21. The summed E-state index contributed by atoms with van der Waals surface area (Å²) in [5.74, 6) is 0.856. The summed E-state index contributed by atoms with van der Waals surface area (Å²) in [5, 5.41) is 2.90. The Balaban J connectivity index is 1.49. The average Bonchev–Trinajstić information content (AvgIpc) is 3.15. The van der Waals surface area contributed by atoms with Gasteiger partial charge in [0.05, 0.1) is 4.88 Å². The molecule has 1 N–H and O–H groups in total. The van der Waals surface area contributed by atoms with Gasteiger partial charge in [0.15, 0.2) is 0 Å². The van der Waals surface area contributed by atoms with E-state index in [0.29, 0.717) is 13.0 Å². The molecule has 1 aliphatic carbocycles. The third kappa shape index (κ3) is 3.51. The molecule has 2 heterocycles. The van der Waals surface area contributed by atoms with Crippen molar-refractivity contribution in [1.82, 2.24) is 10.2 Å². The molecule has 0 radical (unpaired) electrons. The first-order valence-electron chi connectivity index (χ1n) is 8.31. The number of amides is 2. The number of carbonyl (C=O) groups excluding carboxylic acids is 2. The zero-order valence-electron chi connectivity index (χ0n) is 13.2. The van der Waals surface area contributed by atoms with Gasteiger partial charge in [-0.25, -0.2) is 0 Å². The normalized spacial score (nSPS) is 20.8. The van der Waals surface area contributed by atoms with Gasteiger partial charge >= 0.3 is 0 Å². The van der Waals surface area contributed by atoms with Crippen LogP contribution >= 0.6 is 11.3 Å². The number of hydrogen-bond donors (Lipinski definition) is 1. The van der Waals surface area contributed by atoms with Crippen LogP contribution < -0.4 is 5.32 Å². The van der Waals surface area contributed by atoms with E-state index in [4.69, 9.17) is 0 Å². The van der Waals surface area contributed by atoms with Crippen LogP contribution in [0.1, 0.15) is 52.7 Å². The Hall–Kier alpha value is -1.36. The molecular formula is C17H24N2O2S. The van der Waals surface area contributed by atoms with Gasteiger partial charge < -0.3 is 10.2 Å². The second kappa shape index (κ2) is 6.82. The summed E-state index contributed by atoms with van der Waals surface area (Å²) in [7, 11) is 0. The van der Waals surface area contributed by atoms with Gasteiger partial charge in [0.25, 0.3) is 5.91 Å². The van der Waals surface area contributed by atoms with E-state index in [1.54, 1.807) is 11.3 Å². The highest BCUT2D eigenvalue weighted by atomic mass is 32.1. The first-order valence-corrected chi connectivity index (χ1v) is 9.12. The summed E-state index contributed by atoms with van der Waals surface area (Å²) in [4.78, 5) is 28.2. The van der Waals surface area contributed by atoms with Crippen molar-refractivity contribution < 1.29 is 9.59 Å². The van der Waals surface area contributed by atoms with Gasteiger partial charge in [-0.3, -0.25) is 9.59 Å². The van der Waals surface area contributed by atoms with E-state index >= 15 is 0 Å². The van der Waals surface area contributed by atoms with Gasteiger partial charge in [0.2, 0.25) is 5.91 Å². The SMILES string of the molecule is CC1CCc2sc(C(=O)NCCC(=O)N3CCCC3)cc2C1. The molecule has 1 atom stereocenters. The zero-order valence-corrected chi connectivity index (χ0v) is 14.0. The molecule has 120 valence electrons. The smallest absolute Gasteiger partial charge is 0.261 e. The molecule has 1 fully saturated rings. The lowest BCUT2D eigenvalue weighted by atomic mass is 9.90. The zero-order chi connectivity index (χ0) is 15.5. The lowest BCUT2D eigenvalue weighted by molar-refractivity contribution is -0.129. The van der Waals surface area contributed by atoms with E-state index in [2.05, 4.69) is 12.2 Å². The molecule has 1 aromatic heterocycles. The molecular weight excluding hydrogens is 296 g/mol. The third-order valence-electron chi connectivity index (χ3n) is 4.64. The predicted molar refractivity (Wildman–Crippen MR) is 88.3 cm³/mol. The van der Waals surface area contributed by atoms with Crippen LogP contribution in [0.4, 0.5) is 0 Å². The maximum absolute atomic E-state index is 12.2. The van der Waals surface area contributed by atoms with Crippen molar-refractivity contribution in [2.24, 2.45) is 5.92 Å². The standard InChI is InChI=1S/C17H24N2O2S/c1-12-4-5-14-13(10-12)11-15(22-14)17(21)18-7-6-16(20)19-8-2-3-9-19/h11-12H,2-10H2,1H3,(H,18,21). The lowest BCUT2D eigenvalue weighted by Crippen LogP contribution is -2.32. The Morgan fingerprint density at radius 1 is 1.36 bits per heavy atom. The molecule has 1 saturated heterocycles. The Bertz CT molecular complexity index is 561. The summed E-state index contributed by atoms with van der Waals surface area (Å²) in [5.41, 5.74) is 1.35.